The van der Waals surface area contributed by atoms with Gasteiger partial charge in [0.05, 0.1) is 17.4 Å². The van der Waals surface area contributed by atoms with E-state index < -0.39 is 21.2 Å². The van der Waals surface area contributed by atoms with Gasteiger partial charge in [-0.05, 0) is 27.7 Å². The highest BCUT2D eigenvalue weighted by Gasteiger charge is 2.21. The van der Waals surface area contributed by atoms with Crippen LogP contribution in [0.5, 0.6) is 0 Å². The van der Waals surface area contributed by atoms with Gasteiger partial charge in [0, 0.05) is 18.3 Å². The Hall–Kier alpha value is -1.37. The lowest BCUT2D eigenvalue weighted by molar-refractivity contribution is -0.118. The van der Waals surface area contributed by atoms with Crippen LogP contribution < -0.4 is 4.72 Å². The van der Waals surface area contributed by atoms with Crippen LogP contribution in [0.15, 0.2) is 0 Å². The molecule has 0 saturated carbocycles. The third-order valence-corrected chi connectivity index (χ3v) is 4.63. The number of sulfonamides is 1. The molecule has 18 heavy (non-hydrogen) atoms. The normalized spacial score (nSPS) is 11.9. The number of hydrogen-bond acceptors (Lipinski definition) is 4. The topological polar surface area (TPSA) is 81.1 Å². The van der Waals surface area contributed by atoms with Gasteiger partial charge in [0.15, 0.2) is 0 Å². The van der Waals surface area contributed by atoms with Gasteiger partial charge < -0.3 is 0 Å². The summed E-state index contributed by atoms with van der Waals surface area (Å²) in [5.74, 6) is -0.525. The summed E-state index contributed by atoms with van der Waals surface area (Å²) in [6.07, 6.45) is 0.0253. The number of nitrogens with one attached hydrogen (secondary N) is 1. The van der Waals surface area contributed by atoms with Gasteiger partial charge in [0.2, 0.25) is 15.9 Å². The summed E-state index contributed by atoms with van der Waals surface area (Å²) in [6.45, 7) is 6.69. The number of rotatable bonds is 4. The fourth-order valence-electron chi connectivity index (χ4n) is 1.55. The predicted octanol–water partition coefficient (Wildman–Crippen LogP) is 0.434. The number of aryl methyl sites for hydroxylation is 2. The molecule has 1 N–H and O–H groups in total. The molecule has 0 atom stereocenters. The molecule has 6 nitrogen and oxygen atoms in total. The first kappa shape index (κ1) is 14.7. The molecule has 0 spiro atoms. The summed E-state index contributed by atoms with van der Waals surface area (Å²) in [4.78, 5) is 11.7. The van der Waals surface area contributed by atoms with Crippen LogP contribution >= 0.6 is 0 Å². The lowest BCUT2D eigenvalue weighted by Crippen LogP contribution is -2.36. The highest BCUT2D eigenvalue weighted by molar-refractivity contribution is 7.90. The molecule has 102 valence electrons. The molecule has 0 bridgehead atoms. The standard InChI is InChI=1S/C11H19N3O3S/c1-7(2)18(16,17)13-11(15)6-10-8(3)12-14(5)9(10)4/h7H,6H2,1-5H3,(H,13,15). The first-order chi connectivity index (χ1) is 8.15. The largest absolute Gasteiger partial charge is 0.274 e. The van der Waals surface area contributed by atoms with Crippen molar-refractivity contribution >= 4 is 15.9 Å². The molecule has 1 amide bonds. The highest BCUT2D eigenvalue weighted by atomic mass is 32.2. The molecule has 0 unspecified atom stereocenters. The molecule has 0 aromatic carbocycles. The van der Waals surface area contributed by atoms with Crippen LogP contribution in [-0.2, 0) is 28.3 Å². The maximum absolute atomic E-state index is 11.7. The van der Waals surface area contributed by atoms with E-state index in [0.29, 0.717) is 0 Å². The second kappa shape index (κ2) is 5.09. The minimum atomic E-state index is -3.56. The van der Waals surface area contributed by atoms with E-state index >= 15 is 0 Å². The van der Waals surface area contributed by atoms with E-state index in [1.807, 2.05) is 6.92 Å². The number of carbonyl (C=O) groups is 1. The van der Waals surface area contributed by atoms with Gasteiger partial charge in [-0.1, -0.05) is 0 Å². The Morgan fingerprint density at radius 2 is 1.94 bits per heavy atom. The Balaban J connectivity index is 2.84. The lowest BCUT2D eigenvalue weighted by atomic mass is 10.1. The molecule has 1 aromatic heterocycles. The van der Waals surface area contributed by atoms with Crippen LogP contribution in [-0.4, -0.2) is 29.4 Å². The van der Waals surface area contributed by atoms with E-state index in [4.69, 9.17) is 0 Å². The van der Waals surface area contributed by atoms with Crippen molar-refractivity contribution in [1.29, 1.82) is 0 Å². The SMILES string of the molecule is Cc1nn(C)c(C)c1CC(=O)NS(=O)(=O)C(C)C. The Bertz CT molecular complexity index is 558. The van der Waals surface area contributed by atoms with Gasteiger partial charge in [0.1, 0.15) is 0 Å². The molecular weight excluding hydrogens is 254 g/mol. The zero-order chi connectivity index (χ0) is 14.1. The number of hydrogen-bond donors (Lipinski definition) is 1. The molecular formula is C11H19N3O3S. The average Bonchev–Trinajstić information content (AvgIpc) is 2.44. The maximum atomic E-state index is 11.7. The van der Waals surface area contributed by atoms with Crippen molar-refractivity contribution in [2.75, 3.05) is 0 Å². The summed E-state index contributed by atoms with van der Waals surface area (Å²) in [5.41, 5.74) is 2.38. The van der Waals surface area contributed by atoms with Crippen molar-refractivity contribution in [3.05, 3.63) is 17.0 Å². The van der Waals surface area contributed by atoms with Crippen LogP contribution in [0.1, 0.15) is 30.8 Å². The smallest absolute Gasteiger partial charge is 0.237 e. The van der Waals surface area contributed by atoms with Crippen molar-refractivity contribution in [3.63, 3.8) is 0 Å². The van der Waals surface area contributed by atoms with Crippen LogP contribution in [0, 0.1) is 13.8 Å². The Kier molecular flexibility index (Phi) is 4.16. The zero-order valence-electron chi connectivity index (χ0n) is 11.3. The lowest BCUT2D eigenvalue weighted by Gasteiger charge is -2.09. The number of aromatic nitrogens is 2. The summed E-state index contributed by atoms with van der Waals surface area (Å²) in [6, 6.07) is 0. The first-order valence-electron chi connectivity index (χ1n) is 5.68. The van der Waals surface area contributed by atoms with E-state index in [-0.39, 0.29) is 6.42 Å². The molecule has 0 radical (unpaired) electrons. The van der Waals surface area contributed by atoms with Crippen molar-refractivity contribution in [2.24, 2.45) is 7.05 Å². The minimum Gasteiger partial charge on any atom is -0.274 e. The van der Waals surface area contributed by atoms with E-state index in [9.17, 15) is 13.2 Å². The van der Waals surface area contributed by atoms with Gasteiger partial charge in [-0.15, -0.1) is 0 Å². The minimum absolute atomic E-state index is 0.0253. The Labute approximate surface area is 107 Å². The number of amides is 1. The van der Waals surface area contributed by atoms with Gasteiger partial charge in [-0.2, -0.15) is 5.10 Å². The van der Waals surface area contributed by atoms with Crippen molar-refractivity contribution in [2.45, 2.75) is 39.4 Å². The van der Waals surface area contributed by atoms with Crippen LogP contribution in [0.2, 0.25) is 0 Å². The number of nitrogens with zero attached hydrogens (tertiary/aromatic N) is 2. The quantitative estimate of drug-likeness (QED) is 0.862. The molecule has 0 aliphatic rings. The Morgan fingerprint density at radius 1 is 1.39 bits per heavy atom. The van der Waals surface area contributed by atoms with Gasteiger partial charge in [0.25, 0.3) is 0 Å². The maximum Gasteiger partial charge on any atom is 0.237 e. The van der Waals surface area contributed by atoms with E-state index in [2.05, 4.69) is 9.82 Å². The zero-order valence-corrected chi connectivity index (χ0v) is 12.1. The number of carbonyl (C=O) groups excluding carboxylic acids is 1. The summed E-state index contributed by atoms with van der Waals surface area (Å²) >= 11 is 0. The molecule has 0 saturated heterocycles. The van der Waals surface area contributed by atoms with Crippen molar-refractivity contribution in [1.82, 2.24) is 14.5 Å². The average molecular weight is 273 g/mol. The summed E-state index contributed by atoms with van der Waals surface area (Å²) in [5, 5.41) is 3.56. The summed E-state index contributed by atoms with van der Waals surface area (Å²) in [7, 11) is -1.78. The van der Waals surface area contributed by atoms with Crippen LogP contribution in [0.3, 0.4) is 0 Å². The fraction of sp³-hybridized carbons (Fsp3) is 0.636. The fourth-order valence-corrected chi connectivity index (χ4v) is 2.17. The second-order valence-corrected chi connectivity index (χ2v) is 6.81. The van der Waals surface area contributed by atoms with E-state index in [1.165, 1.54) is 13.8 Å². The van der Waals surface area contributed by atoms with Gasteiger partial charge in [-0.25, -0.2) is 8.42 Å². The molecule has 1 heterocycles. The second-order valence-electron chi connectivity index (χ2n) is 4.57. The molecule has 1 aromatic rings. The molecule has 0 aliphatic heterocycles. The van der Waals surface area contributed by atoms with Crippen LogP contribution in [0.25, 0.3) is 0 Å². The van der Waals surface area contributed by atoms with Crippen molar-refractivity contribution < 1.29 is 13.2 Å². The van der Waals surface area contributed by atoms with Crippen molar-refractivity contribution in [3.8, 4) is 0 Å². The Morgan fingerprint density at radius 3 is 2.33 bits per heavy atom. The molecule has 0 fully saturated rings. The molecule has 7 heteroatoms. The van der Waals surface area contributed by atoms with Gasteiger partial charge >= 0.3 is 0 Å². The van der Waals surface area contributed by atoms with Crippen LogP contribution in [0.4, 0.5) is 0 Å². The highest BCUT2D eigenvalue weighted by Crippen LogP contribution is 2.12. The monoisotopic (exact) mass is 273 g/mol. The molecule has 0 aliphatic carbocycles. The van der Waals surface area contributed by atoms with E-state index in [0.717, 1.165) is 17.0 Å². The first-order valence-corrected chi connectivity index (χ1v) is 7.23. The third kappa shape index (κ3) is 3.10. The van der Waals surface area contributed by atoms with Gasteiger partial charge in [-0.3, -0.25) is 14.2 Å². The molecule has 1 rings (SSSR count). The predicted molar refractivity (Wildman–Crippen MR) is 68.6 cm³/mol. The third-order valence-electron chi connectivity index (χ3n) is 2.87. The van der Waals surface area contributed by atoms with E-state index in [1.54, 1.807) is 18.7 Å². The summed E-state index contributed by atoms with van der Waals surface area (Å²) < 4.78 is 26.8.